The van der Waals surface area contributed by atoms with Crippen molar-refractivity contribution in [3.8, 4) is 0 Å². The third-order valence-electron chi connectivity index (χ3n) is 2.86. The summed E-state index contributed by atoms with van der Waals surface area (Å²) in [6, 6.07) is 0. The van der Waals surface area contributed by atoms with Crippen molar-refractivity contribution in [2.75, 3.05) is 5.75 Å². The Labute approximate surface area is 111 Å². The van der Waals surface area contributed by atoms with Crippen LogP contribution in [0.1, 0.15) is 30.7 Å². The number of aromatic nitrogens is 2. The molecule has 0 radical (unpaired) electrons. The molecule has 2 heterocycles. The maximum Gasteiger partial charge on any atom is 0.128 e. The van der Waals surface area contributed by atoms with Gasteiger partial charge in [-0.3, -0.25) is 0 Å². The van der Waals surface area contributed by atoms with Crippen LogP contribution in [0.2, 0.25) is 0 Å². The van der Waals surface area contributed by atoms with Crippen molar-refractivity contribution in [3.05, 3.63) is 16.8 Å². The number of fused-ring (bicyclic) bond motifs is 1. The highest BCUT2D eigenvalue weighted by Crippen LogP contribution is 2.34. The first-order chi connectivity index (χ1) is 8.09. The van der Waals surface area contributed by atoms with Crippen LogP contribution in [-0.4, -0.2) is 15.7 Å². The minimum Gasteiger partial charge on any atom is -0.229 e. The summed E-state index contributed by atoms with van der Waals surface area (Å²) in [4.78, 5) is 11.3. The summed E-state index contributed by atoms with van der Waals surface area (Å²) in [5, 5.41) is 2.42. The number of hydrogen-bond acceptors (Lipinski definition) is 4. The van der Waals surface area contributed by atoms with Crippen LogP contribution >= 0.6 is 23.1 Å². The van der Waals surface area contributed by atoms with Gasteiger partial charge in [-0.25, -0.2) is 9.97 Å². The highest BCUT2D eigenvalue weighted by molar-refractivity contribution is 7.99. The monoisotopic (exact) mass is 266 g/mol. The Balaban J connectivity index is 2.27. The molecule has 0 atom stereocenters. The van der Waals surface area contributed by atoms with Crippen LogP contribution in [0.5, 0.6) is 0 Å². The topological polar surface area (TPSA) is 25.8 Å². The Kier molecular flexibility index (Phi) is 4.05. The van der Waals surface area contributed by atoms with E-state index in [-0.39, 0.29) is 0 Å². The van der Waals surface area contributed by atoms with Gasteiger partial charge in [0, 0.05) is 10.3 Å². The van der Waals surface area contributed by atoms with Gasteiger partial charge in [-0.1, -0.05) is 13.8 Å². The van der Waals surface area contributed by atoms with Gasteiger partial charge in [0.05, 0.1) is 0 Å². The molecule has 2 rings (SSSR count). The van der Waals surface area contributed by atoms with Gasteiger partial charge in [-0.2, -0.15) is 0 Å². The Morgan fingerprint density at radius 2 is 2.06 bits per heavy atom. The molecule has 0 spiro atoms. The normalized spacial score (nSPS) is 11.6. The van der Waals surface area contributed by atoms with Gasteiger partial charge in [0.1, 0.15) is 16.2 Å². The molecule has 0 aliphatic heterocycles. The van der Waals surface area contributed by atoms with Gasteiger partial charge in [-0.15, -0.1) is 23.1 Å². The van der Waals surface area contributed by atoms with E-state index in [2.05, 4.69) is 37.7 Å². The Morgan fingerprint density at radius 3 is 2.76 bits per heavy atom. The summed E-state index contributed by atoms with van der Waals surface area (Å²) in [6.07, 6.45) is 2.92. The van der Waals surface area contributed by atoms with E-state index in [1.165, 1.54) is 22.2 Å². The lowest BCUT2D eigenvalue weighted by atomic mass is 10.2. The van der Waals surface area contributed by atoms with Gasteiger partial charge in [0.2, 0.25) is 0 Å². The van der Waals surface area contributed by atoms with Crippen molar-refractivity contribution < 1.29 is 0 Å². The number of rotatable bonds is 4. The first-order valence-corrected chi connectivity index (χ1v) is 7.73. The maximum atomic E-state index is 4.44. The summed E-state index contributed by atoms with van der Waals surface area (Å²) < 4.78 is 0. The van der Waals surface area contributed by atoms with Gasteiger partial charge >= 0.3 is 0 Å². The van der Waals surface area contributed by atoms with Crippen molar-refractivity contribution in [1.82, 2.24) is 9.97 Å². The SMILES string of the molecule is Cc1sc2ncnc(SCCC(C)C)c2c1C. The highest BCUT2D eigenvalue weighted by Gasteiger charge is 2.12. The second-order valence-electron chi connectivity index (χ2n) is 4.67. The van der Waals surface area contributed by atoms with E-state index in [1.54, 1.807) is 17.7 Å². The second kappa shape index (κ2) is 5.36. The van der Waals surface area contributed by atoms with Gasteiger partial charge in [0.25, 0.3) is 0 Å². The third kappa shape index (κ3) is 2.80. The van der Waals surface area contributed by atoms with E-state index in [4.69, 9.17) is 0 Å². The van der Waals surface area contributed by atoms with Crippen molar-refractivity contribution >= 4 is 33.3 Å². The lowest BCUT2D eigenvalue weighted by molar-refractivity contribution is 0.632. The molecule has 0 unspecified atom stereocenters. The average Bonchev–Trinajstić information content (AvgIpc) is 2.55. The smallest absolute Gasteiger partial charge is 0.128 e. The first kappa shape index (κ1) is 12.8. The standard InChI is InChI=1S/C13H18N2S2/c1-8(2)5-6-16-12-11-9(3)10(4)17-13(11)15-7-14-12/h7-8H,5-6H2,1-4H3. The molecule has 4 heteroatoms. The maximum absolute atomic E-state index is 4.44. The van der Waals surface area contributed by atoms with Crippen molar-refractivity contribution in [2.24, 2.45) is 5.92 Å². The predicted octanol–water partition coefficient (Wildman–Crippen LogP) is 4.45. The van der Waals surface area contributed by atoms with E-state index < -0.39 is 0 Å². The first-order valence-electron chi connectivity index (χ1n) is 5.93. The molecule has 0 amide bonds. The third-order valence-corrected chi connectivity index (χ3v) is 5.00. The van der Waals surface area contributed by atoms with E-state index in [1.807, 2.05) is 11.8 Å². The van der Waals surface area contributed by atoms with Crippen molar-refractivity contribution in [2.45, 2.75) is 39.1 Å². The molecule has 0 aromatic carbocycles. The van der Waals surface area contributed by atoms with Crippen molar-refractivity contribution in [1.29, 1.82) is 0 Å². The van der Waals surface area contributed by atoms with Crippen LogP contribution in [0, 0.1) is 19.8 Å². The number of nitrogens with zero attached hydrogens (tertiary/aromatic N) is 2. The zero-order valence-electron chi connectivity index (χ0n) is 10.8. The lowest BCUT2D eigenvalue weighted by Gasteiger charge is -2.05. The molecular weight excluding hydrogens is 248 g/mol. The second-order valence-corrected chi connectivity index (χ2v) is 6.96. The number of hydrogen-bond donors (Lipinski definition) is 0. The summed E-state index contributed by atoms with van der Waals surface area (Å²) >= 11 is 3.63. The fourth-order valence-electron chi connectivity index (χ4n) is 1.65. The molecule has 0 aliphatic rings. The zero-order chi connectivity index (χ0) is 12.4. The number of aryl methyl sites for hydroxylation is 2. The minimum absolute atomic E-state index is 0.755. The molecular formula is C13H18N2S2. The molecule has 0 fully saturated rings. The van der Waals surface area contributed by atoms with Crippen LogP contribution in [0.15, 0.2) is 11.4 Å². The van der Waals surface area contributed by atoms with Gasteiger partial charge < -0.3 is 0 Å². The predicted molar refractivity (Wildman–Crippen MR) is 77.1 cm³/mol. The number of thiophene rings is 1. The summed E-state index contributed by atoms with van der Waals surface area (Å²) in [5.74, 6) is 1.89. The number of thioether (sulfide) groups is 1. The van der Waals surface area contributed by atoms with Crippen LogP contribution in [0.3, 0.4) is 0 Å². The van der Waals surface area contributed by atoms with E-state index in [9.17, 15) is 0 Å². The van der Waals surface area contributed by atoms with Crippen LogP contribution in [0.4, 0.5) is 0 Å². The van der Waals surface area contributed by atoms with E-state index in [0.29, 0.717) is 0 Å². The molecule has 0 N–H and O–H groups in total. The molecule has 2 aromatic heterocycles. The lowest BCUT2D eigenvalue weighted by Crippen LogP contribution is -1.91. The van der Waals surface area contributed by atoms with E-state index in [0.717, 1.165) is 21.5 Å². The Morgan fingerprint density at radius 1 is 1.29 bits per heavy atom. The zero-order valence-corrected chi connectivity index (χ0v) is 12.4. The minimum atomic E-state index is 0.755. The molecule has 0 saturated heterocycles. The summed E-state index contributed by atoms with van der Waals surface area (Å²) in [5.41, 5.74) is 1.35. The van der Waals surface area contributed by atoms with Gasteiger partial charge in [0.15, 0.2) is 0 Å². The molecule has 0 aliphatic carbocycles. The quantitative estimate of drug-likeness (QED) is 0.604. The Bertz CT molecular complexity index is 517. The van der Waals surface area contributed by atoms with Crippen LogP contribution in [0.25, 0.3) is 10.2 Å². The molecule has 92 valence electrons. The van der Waals surface area contributed by atoms with Crippen molar-refractivity contribution in [3.63, 3.8) is 0 Å². The summed E-state index contributed by atoms with van der Waals surface area (Å²) in [7, 11) is 0. The molecule has 2 nitrogen and oxygen atoms in total. The van der Waals surface area contributed by atoms with E-state index >= 15 is 0 Å². The largest absolute Gasteiger partial charge is 0.229 e. The highest BCUT2D eigenvalue weighted by atomic mass is 32.2. The average molecular weight is 266 g/mol. The fourth-order valence-corrected chi connectivity index (χ4v) is 4.01. The molecule has 0 bridgehead atoms. The molecule has 0 saturated carbocycles. The van der Waals surface area contributed by atoms with Crippen LogP contribution < -0.4 is 0 Å². The summed E-state index contributed by atoms with van der Waals surface area (Å²) in [6.45, 7) is 8.85. The Hall–Kier alpha value is -0.610. The van der Waals surface area contributed by atoms with Crippen LogP contribution in [-0.2, 0) is 0 Å². The van der Waals surface area contributed by atoms with Gasteiger partial charge in [-0.05, 0) is 37.5 Å². The molecule has 17 heavy (non-hydrogen) atoms. The molecule has 2 aromatic rings. The fraction of sp³-hybridized carbons (Fsp3) is 0.538.